The molecule has 1 aromatic heterocycles. The van der Waals surface area contributed by atoms with Crippen LogP contribution >= 0.6 is 11.5 Å². The SMILES string of the molecule is Cc1nsc(NCC2(N(C)C)CCCC2)c1C#N. The van der Waals surface area contributed by atoms with E-state index in [4.69, 9.17) is 5.26 Å². The molecule has 0 unspecified atom stereocenters. The second-order valence-electron chi connectivity index (χ2n) is 5.26. The molecule has 1 heterocycles. The van der Waals surface area contributed by atoms with Crippen LogP contribution in [0.2, 0.25) is 0 Å². The van der Waals surface area contributed by atoms with Gasteiger partial charge in [0.2, 0.25) is 0 Å². The molecule has 0 atom stereocenters. The fourth-order valence-corrected chi connectivity index (χ4v) is 3.42. The molecule has 1 fully saturated rings. The van der Waals surface area contributed by atoms with Crippen molar-refractivity contribution in [1.29, 1.82) is 5.26 Å². The van der Waals surface area contributed by atoms with Crippen LogP contribution in [0, 0.1) is 18.3 Å². The Bertz CT molecular complexity index is 452. The third-order valence-corrected chi connectivity index (χ3v) is 4.93. The molecule has 1 aliphatic rings. The molecule has 1 N–H and O–H groups in total. The molecule has 0 amide bonds. The average Bonchev–Trinajstić information content (AvgIpc) is 2.94. The van der Waals surface area contributed by atoms with Gasteiger partial charge in [-0.1, -0.05) is 12.8 Å². The Morgan fingerprint density at radius 2 is 2.11 bits per heavy atom. The van der Waals surface area contributed by atoms with Crippen LogP contribution in [0.1, 0.15) is 36.9 Å². The lowest BCUT2D eigenvalue weighted by atomic mass is 9.96. The van der Waals surface area contributed by atoms with E-state index in [2.05, 4.69) is 34.8 Å². The summed E-state index contributed by atoms with van der Waals surface area (Å²) in [7, 11) is 4.30. The van der Waals surface area contributed by atoms with Gasteiger partial charge in [-0.05, 0) is 45.4 Å². The number of hydrogen-bond donors (Lipinski definition) is 1. The van der Waals surface area contributed by atoms with E-state index in [0.717, 1.165) is 17.2 Å². The van der Waals surface area contributed by atoms with Gasteiger partial charge in [0.15, 0.2) is 0 Å². The maximum Gasteiger partial charge on any atom is 0.127 e. The largest absolute Gasteiger partial charge is 0.373 e. The average molecular weight is 264 g/mol. The predicted molar refractivity (Wildman–Crippen MR) is 74.9 cm³/mol. The van der Waals surface area contributed by atoms with Gasteiger partial charge in [-0.25, -0.2) is 0 Å². The van der Waals surface area contributed by atoms with E-state index >= 15 is 0 Å². The van der Waals surface area contributed by atoms with Gasteiger partial charge in [0.1, 0.15) is 16.6 Å². The zero-order chi connectivity index (χ0) is 13.2. The topological polar surface area (TPSA) is 52.0 Å². The molecule has 1 aromatic rings. The van der Waals surface area contributed by atoms with Crippen molar-refractivity contribution in [2.45, 2.75) is 38.1 Å². The van der Waals surface area contributed by atoms with Crippen LogP contribution in [0.15, 0.2) is 0 Å². The Balaban J connectivity index is 2.09. The Morgan fingerprint density at radius 1 is 1.44 bits per heavy atom. The van der Waals surface area contributed by atoms with Gasteiger partial charge in [0.05, 0.1) is 5.69 Å². The first kappa shape index (κ1) is 13.3. The van der Waals surface area contributed by atoms with Crippen LogP contribution in [0.3, 0.4) is 0 Å². The first-order valence-corrected chi connectivity index (χ1v) is 7.14. The monoisotopic (exact) mass is 264 g/mol. The highest BCUT2D eigenvalue weighted by Crippen LogP contribution is 2.34. The van der Waals surface area contributed by atoms with E-state index in [0.29, 0.717) is 5.56 Å². The predicted octanol–water partition coefficient (Wildman–Crippen LogP) is 2.61. The first-order valence-electron chi connectivity index (χ1n) is 6.37. The summed E-state index contributed by atoms with van der Waals surface area (Å²) in [5.41, 5.74) is 1.77. The number of nitrogens with zero attached hydrogens (tertiary/aromatic N) is 3. The number of hydrogen-bond acceptors (Lipinski definition) is 5. The molecule has 0 radical (unpaired) electrons. The standard InChI is InChI=1S/C13H20N4S/c1-10-11(8-14)12(18-16-10)15-9-13(17(2)3)6-4-5-7-13/h15H,4-7,9H2,1-3H3. The van der Waals surface area contributed by atoms with Crippen molar-refractivity contribution >= 4 is 16.5 Å². The second-order valence-corrected chi connectivity index (χ2v) is 6.04. The summed E-state index contributed by atoms with van der Waals surface area (Å²) in [4.78, 5) is 2.33. The number of nitrogens with one attached hydrogen (secondary N) is 1. The third kappa shape index (κ3) is 2.36. The fourth-order valence-electron chi connectivity index (χ4n) is 2.68. The van der Waals surface area contributed by atoms with Crippen molar-refractivity contribution < 1.29 is 0 Å². The summed E-state index contributed by atoms with van der Waals surface area (Å²) in [6.45, 7) is 2.79. The lowest BCUT2D eigenvalue weighted by Gasteiger charge is -2.36. The minimum absolute atomic E-state index is 0.241. The molecule has 1 saturated carbocycles. The molecular weight excluding hydrogens is 244 g/mol. The van der Waals surface area contributed by atoms with E-state index in [1.807, 2.05) is 6.92 Å². The van der Waals surface area contributed by atoms with Crippen LogP contribution in [-0.2, 0) is 0 Å². The Labute approximate surface area is 113 Å². The Morgan fingerprint density at radius 3 is 2.67 bits per heavy atom. The maximum absolute atomic E-state index is 9.12. The molecule has 5 heteroatoms. The molecular formula is C13H20N4S. The van der Waals surface area contributed by atoms with Crippen LogP contribution in [-0.4, -0.2) is 35.5 Å². The maximum atomic E-state index is 9.12. The quantitative estimate of drug-likeness (QED) is 0.908. The van der Waals surface area contributed by atoms with E-state index < -0.39 is 0 Å². The number of aromatic nitrogens is 1. The van der Waals surface area contributed by atoms with E-state index in [1.54, 1.807) is 0 Å². The zero-order valence-electron chi connectivity index (χ0n) is 11.3. The number of rotatable bonds is 4. The van der Waals surface area contributed by atoms with Crippen molar-refractivity contribution in [1.82, 2.24) is 9.27 Å². The molecule has 98 valence electrons. The third-order valence-electron chi connectivity index (χ3n) is 4.04. The lowest BCUT2D eigenvalue weighted by Crippen LogP contribution is -2.47. The van der Waals surface area contributed by atoms with Gasteiger partial charge in [0.25, 0.3) is 0 Å². The van der Waals surface area contributed by atoms with Gasteiger partial charge < -0.3 is 10.2 Å². The molecule has 0 bridgehead atoms. The molecule has 0 aliphatic heterocycles. The number of likely N-dealkylation sites (N-methyl/N-ethyl adjacent to an activating group) is 1. The van der Waals surface area contributed by atoms with Crippen molar-refractivity contribution in [3.8, 4) is 6.07 Å². The smallest absolute Gasteiger partial charge is 0.127 e. The Hall–Kier alpha value is -1.12. The molecule has 0 spiro atoms. The number of aryl methyl sites for hydroxylation is 1. The van der Waals surface area contributed by atoms with Crippen LogP contribution in [0.5, 0.6) is 0 Å². The number of anilines is 1. The normalized spacial score (nSPS) is 17.9. The molecule has 18 heavy (non-hydrogen) atoms. The molecule has 1 aliphatic carbocycles. The van der Waals surface area contributed by atoms with Gasteiger partial charge in [-0.3, -0.25) is 0 Å². The lowest BCUT2D eigenvalue weighted by molar-refractivity contribution is 0.172. The van der Waals surface area contributed by atoms with E-state index in [-0.39, 0.29) is 5.54 Å². The summed E-state index contributed by atoms with van der Waals surface area (Å²) in [5, 5.41) is 13.5. The van der Waals surface area contributed by atoms with Crippen LogP contribution in [0.4, 0.5) is 5.00 Å². The molecule has 0 aromatic carbocycles. The summed E-state index contributed by atoms with van der Waals surface area (Å²) in [6.07, 6.45) is 5.05. The molecule has 2 rings (SSSR count). The van der Waals surface area contributed by atoms with Crippen molar-refractivity contribution in [3.63, 3.8) is 0 Å². The number of nitriles is 1. The van der Waals surface area contributed by atoms with Gasteiger partial charge in [0, 0.05) is 12.1 Å². The highest BCUT2D eigenvalue weighted by atomic mass is 32.1. The summed E-state index contributed by atoms with van der Waals surface area (Å²) in [6, 6.07) is 2.23. The Kier molecular flexibility index (Phi) is 3.88. The van der Waals surface area contributed by atoms with E-state index in [1.165, 1.54) is 37.2 Å². The van der Waals surface area contributed by atoms with Gasteiger partial charge in [-0.15, -0.1) is 0 Å². The minimum atomic E-state index is 0.241. The highest BCUT2D eigenvalue weighted by molar-refractivity contribution is 7.10. The fraction of sp³-hybridized carbons (Fsp3) is 0.692. The summed E-state index contributed by atoms with van der Waals surface area (Å²) < 4.78 is 4.24. The van der Waals surface area contributed by atoms with Crippen molar-refractivity contribution in [2.75, 3.05) is 26.0 Å². The van der Waals surface area contributed by atoms with Crippen LogP contribution in [0.25, 0.3) is 0 Å². The van der Waals surface area contributed by atoms with E-state index in [9.17, 15) is 0 Å². The summed E-state index contributed by atoms with van der Waals surface area (Å²) >= 11 is 1.39. The second kappa shape index (κ2) is 5.25. The highest BCUT2D eigenvalue weighted by Gasteiger charge is 2.35. The van der Waals surface area contributed by atoms with Gasteiger partial charge in [-0.2, -0.15) is 9.64 Å². The summed E-state index contributed by atoms with van der Waals surface area (Å²) in [5.74, 6) is 0. The zero-order valence-corrected chi connectivity index (χ0v) is 12.1. The van der Waals surface area contributed by atoms with Crippen LogP contribution < -0.4 is 5.32 Å². The van der Waals surface area contributed by atoms with Crippen molar-refractivity contribution in [2.24, 2.45) is 0 Å². The minimum Gasteiger partial charge on any atom is -0.373 e. The van der Waals surface area contributed by atoms with Gasteiger partial charge >= 0.3 is 0 Å². The van der Waals surface area contributed by atoms with Crippen molar-refractivity contribution in [3.05, 3.63) is 11.3 Å². The first-order chi connectivity index (χ1) is 8.59. The molecule has 0 saturated heterocycles. The molecule has 4 nitrogen and oxygen atoms in total.